The third-order valence-corrected chi connectivity index (χ3v) is 3.77. The number of nitrogens with one attached hydrogen (secondary N) is 1. The predicted molar refractivity (Wildman–Crippen MR) is 84.8 cm³/mol. The minimum Gasteiger partial charge on any atom is -0.315 e. The van der Waals surface area contributed by atoms with E-state index in [2.05, 4.69) is 50.2 Å². The molecule has 19 heavy (non-hydrogen) atoms. The molecule has 0 bridgehead atoms. The Morgan fingerprint density at radius 1 is 1.21 bits per heavy atom. The van der Waals surface area contributed by atoms with Crippen LogP contribution in [0.5, 0.6) is 0 Å². The summed E-state index contributed by atoms with van der Waals surface area (Å²) in [6.45, 7) is 9.93. The van der Waals surface area contributed by atoms with Gasteiger partial charge in [-0.15, -0.1) is 0 Å². The molecule has 1 N–H and O–H groups in total. The second kappa shape index (κ2) is 8.57. The molecule has 2 nitrogen and oxygen atoms in total. The van der Waals surface area contributed by atoms with Gasteiger partial charge in [0.1, 0.15) is 0 Å². The summed E-state index contributed by atoms with van der Waals surface area (Å²) < 4.78 is 0. The molecular formula is C16H27ClN2. The van der Waals surface area contributed by atoms with E-state index >= 15 is 0 Å². The van der Waals surface area contributed by atoms with Crippen LogP contribution in [0, 0.1) is 5.92 Å². The molecule has 0 amide bonds. The lowest BCUT2D eigenvalue weighted by molar-refractivity contribution is 0.260. The molecular weight excluding hydrogens is 256 g/mol. The number of nitrogens with zero attached hydrogens (tertiary/aromatic N) is 1. The zero-order chi connectivity index (χ0) is 14.3. The molecule has 0 aliphatic heterocycles. The Kier molecular flexibility index (Phi) is 7.44. The molecule has 0 saturated heterocycles. The molecule has 1 aromatic carbocycles. The van der Waals surface area contributed by atoms with Gasteiger partial charge in [0.15, 0.2) is 0 Å². The van der Waals surface area contributed by atoms with E-state index in [1.807, 2.05) is 12.1 Å². The maximum Gasteiger partial charge on any atom is 0.0409 e. The summed E-state index contributed by atoms with van der Waals surface area (Å²) in [5.74, 6) is 0.774. The Morgan fingerprint density at radius 2 is 1.95 bits per heavy atom. The number of rotatable bonds is 8. The first-order chi connectivity index (χ1) is 9.00. The maximum absolute atomic E-state index is 6.04. The van der Waals surface area contributed by atoms with Gasteiger partial charge in [-0.3, -0.25) is 4.90 Å². The van der Waals surface area contributed by atoms with E-state index in [9.17, 15) is 0 Å². The van der Waals surface area contributed by atoms with Crippen molar-refractivity contribution in [3.63, 3.8) is 0 Å². The molecule has 108 valence electrons. The molecule has 1 unspecified atom stereocenters. The highest BCUT2D eigenvalue weighted by Gasteiger charge is 2.11. The van der Waals surface area contributed by atoms with Gasteiger partial charge in [0.2, 0.25) is 0 Å². The molecule has 0 fully saturated rings. The molecule has 1 atom stereocenters. The summed E-state index contributed by atoms with van der Waals surface area (Å²) >= 11 is 6.04. The van der Waals surface area contributed by atoms with Gasteiger partial charge in [0.25, 0.3) is 0 Å². The molecule has 0 aromatic heterocycles. The summed E-state index contributed by atoms with van der Waals surface area (Å²) in [7, 11) is 2.16. The van der Waals surface area contributed by atoms with E-state index in [-0.39, 0.29) is 0 Å². The minimum atomic E-state index is 0.394. The smallest absolute Gasteiger partial charge is 0.0409 e. The van der Waals surface area contributed by atoms with Crippen molar-refractivity contribution in [1.82, 2.24) is 10.2 Å². The quantitative estimate of drug-likeness (QED) is 0.726. The Labute approximate surface area is 123 Å². The molecule has 0 heterocycles. The van der Waals surface area contributed by atoms with Crippen LogP contribution in [-0.2, 0) is 0 Å². The molecule has 0 saturated carbocycles. The average Bonchev–Trinajstić information content (AvgIpc) is 2.36. The molecule has 0 aliphatic carbocycles. The van der Waals surface area contributed by atoms with Crippen molar-refractivity contribution < 1.29 is 0 Å². The molecule has 3 heteroatoms. The van der Waals surface area contributed by atoms with Crippen molar-refractivity contribution in [3.05, 3.63) is 34.9 Å². The fourth-order valence-electron chi connectivity index (χ4n) is 1.99. The third kappa shape index (κ3) is 6.42. The first-order valence-electron chi connectivity index (χ1n) is 7.17. The van der Waals surface area contributed by atoms with E-state index < -0.39 is 0 Å². The predicted octanol–water partition coefficient (Wildman–Crippen LogP) is 3.97. The summed E-state index contributed by atoms with van der Waals surface area (Å²) in [4.78, 5) is 2.36. The summed E-state index contributed by atoms with van der Waals surface area (Å²) in [5.41, 5.74) is 1.28. The van der Waals surface area contributed by atoms with Crippen molar-refractivity contribution >= 4 is 11.6 Å². The fraction of sp³-hybridized carbons (Fsp3) is 0.625. The van der Waals surface area contributed by atoms with Crippen molar-refractivity contribution in [2.24, 2.45) is 5.92 Å². The minimum absolute atomic E-state index is 0.394. The lowest BCUT2D eigenvalue weighted by atomic mass is 10.1. The lowest BCUT2D eigenvalue weighted by Crippen LogP contribution is -2.31. The fourth-order valence-corrected chi connectivity index (χ4v) is 2.18. The van der Waals surface area contributed by atoms with Crippen molar-refractivity contribution in [1.29, 1.82) is 0 Å². The topological polar surface area (TPSA) is 15.3 Å². The summed E-state index contributed by atoms with van der Waals surface area (Å²) in [6, 6.07) is 8.52. The van der Waals surface area contributed by atoms with Crippen molar-refractivity contribution in [2.45, 2.75) is 33.2 Å². The van der Waals surface area contributed by atoms with Gasteiger partial charge in [-0.1, -0.05) is 37.6 Å². The first-order valence-corrected chi connectivity index (χ1v) is 7.55. The third-order valence-electron chi connectivity index (χ3n) is 3.53. The van der Waals surface area contributed by atoms with Gasteiger partial charge >= 0.3 is 0 Å². The van der Waals surface area contributed by atoms with Crippen LogP contribution in [0.2, 0.25) is 5.02 Å². The normalized spacial score (nSPS) is 13.2. The Bertz CT molecular complexity index is 366. The summed E-state index contributed by atoms with van der Waals surface area (Å²) in [6.07, 6.45) is 1.24. The van der Waals surface area contributed by atoms with Crippen LogP contribution in [0.25, 0.3) is 0 Å². The average molecular weight is 283 g/mol. The van der Waals surface area contributed by atoms with Gasteiger partial charge < -0.3 is 5.32 Å². The van der Waals surface area contributed by atoms with E-state index in [4.69, 9.17) is 11.6 Å². The maximum atomic E-state index is 6.04. The van der Waals surface area contributed by atoms with Gasteiger partial charge in [0.05, 0.1) is 0 Å². The molecule has 0 radical (unpaired) electrons. The molecule has 0 aliphatic rings. The highest BCUT2D eigenvalue weighted by molar-refractivity contribution is 6.30. The largest absolute Gasteiger partial charge is 0.315 e. The monoisotopic (exact) mass is 282 g/mol. The van der Waals surface area contributed by atoms with E-state index in [0.717, 1.165) is 30.6 Å². The van der Waals surface area contributed by atoms with E-state index in [1.165, 1.54) is 12.0 Å². The van der Waals surface area contributed by atoms with Crippen LogP contribution >= 0.6 is 11.6 Å². The van der Waals surface area contributed by atoms with Crippen LogP contribution in [0.4, 0.5) is 0 Å². The number of likely N-dealkylation sites (N-methyl/N-ethyl adjacent to an activating group) is 1. The van der Waals surface area contributed by atoms with Crippen LogP contribution in [-0.4, -0.2) is 31.6 Å². The standard InChI is InChI=1S/C16H27ClN2/c1-13(2)8-9-18-10-11-19(4)14(3)15-6-5-7-16(17)12-15/h5-7,12-14,18H,8-11H2,1-4H3. The molecule has 1 rings (SSSR count). The number of halogens is 1. The van der Waals surface area contributed by atoms with Crippen LogP contribution in [0.15, 0.2) is 24.3 Å². The van der Waals surface area contributed by atoms with Gasteiger partial charge in [-0.25, -0.2) is 0 Å². The second-order valence-electron chi connectivity index (χ2n) is 5.64. The van der Waals surface area contributed by atoms with Crippen molar-refractivity contribution in [2.75, 3.05) is 26.7 Å². The SMILES string of the molecule is CC(C)CCNCCN(C)C(C)c1cccc(Cl)c1. The van der Waals surface area contributed by atoms with Crippen LogP contribution in [0.3, 0.4) is 0 Å². The second-order valence-corrected chi connectivity index (χ2v) is 6.08. The van der Waals surface area contributed by atoms with Gasteiger partial charge in [-0.05, 0) is 50.6 Å². The summed E-state index contributed by atoms with van der Waals surface area (Å²) in [5, 5.41) is 4.31. The zero-order valence-electron chi connectivity index (χ0n) is 12.6. The van der Waals surface area contributed by atoms with E-state index in [1.54, 1.807) is 0 Å². The lowest BCUT2D eigenvalue weighted by Gasteiger charge is -2.25. The van der Waals surface area contributed by atoms with Crippen LogP contribution < -0.4 is 5.32 Å². The highest BCUT2D eigenvalue weighted by atomic mass is 35.5. The Morgan fingerprint density at radius 3 is 2.58 bits per heavy atom. The first kappa shape index (κ1) is 16.5. The Hall–Kier alpha value is -0.570. The van der Waals surface area contributed by atoms with Crippen LogP contribution in [0.1, 0.15) is 38.8 Å². The number of hydrogen-bond acceptors (Lipinski definition) is 2. The van der Waals surface area contributed by atoms with E-state index in [0.29, 0.717) is 6.04 Å². The van der Waals surface area contributed by atoms with Crippen molar-refractivity contribution in [3.8, 4) is 0 Å². The zero-order valence-corrected chi connectivity index (χ0v) is 13.4. The molecule has 0 spiro atoms. The Balaban J connectivity index is 2.31. The molecule has 1 aromatic rings. The number of hydrogen-bond donors (Lipinski definition) is 1. The van der Waals surface area contributed by atoms with Gasteiger partial charge in [-0.2, -0.15) is 0 Å². The number of benzene rings is 1. The van der Waals surface area contributed by atoms with Gasteiger partial charge in [0, 0.05) is 24.2 Å². The highest BCUT2D eigenvalue weighted by Crippen LogP contribution is 2.21.